The number of halogens is 1. The summed E-state index contributed by atoms with van der Waals surface area (Å²) >= 11 is 0. The average Bonchev–Trinajstić information content (AvgIpc) is 3.26. The molecular formula is C18H18FN3O3. The molecule has 0 radical (unpaired) electrons. The van der Waals surface area contributed by atoms with Gasteiger partial charge in [0.25, 0.3) is 5.91 Å². The van der Waals surface area contributed by atoms with Crippen LogP contribution in [0.25, 0.3) is 0 Å². The molecule has 0 spiro atoms. The molecule has 0 fully saturated rings. The molecule has 1 amide bonds. The van der Waals surface area contributed by atoms with Crippen LogP contribution in [0, 0.1) is 5.82 Å². The molecule has 2 heterocycles. The van der Waals surface area contributed by atoms with Gasteiger partial charge in [-0.2, -0.15) is 0 Å². The average molecular weight is 343 g/mol. The van der Waals surface area contributed by atoms with Gasteiger partial charge in [-0.1, -0.05) is 0 Å². The number of ether oxygens (including phenoxy) is 1. The van der Waals surface area contributed by atoms with Gasteiger partial charge in [-0.3, -0.25) is 4.79 Å². The molecule has 25 heavy (non-hydrogen) atoms. The van der Waals surface area contributed by atoms with Gasteiger partial charge in [-0.15, -0.1) is 0 Å². The minimum absolute atomic E-state index is 0.0780. The molecule has 0 saturated heterocycles. The predicted molar refractivity (Wildman–Crippen MR) is 88.6 cm³/mol. The molecule has 1 N–H and O–H groups in total. The van der Waals surface area contributed by atoms with Crippen LogP contribution < -0.4 is 10.1 Å². The lowest BCUT2D eigenvalue weighted by molar-refractivity contribution is 0.0904. The molecule has 3 rings (SSSR count). The summed E-state index contributed by atoms with van der Waals surface area (Å²) in [5, 5.41) is 2.86. The number of carbonyl (C=O) groups is 1. The molecule has 0 saturated carbocycles. The summed E-state index contributed by atoms with van der Waals surface area (Å²) in [6.07, 6.45) is 5.22. The van der Waals surface area contributed by atoms with Gasteiger partial charge in [-0.05, 0) is 43.3 Å². The molecule has 130 valence electrons. The summed E-state index contributed by atoms with van der Waals surface area (Å²) in [6, 6.07) is 8.90. The number of imidazole rings is 1. The molecule has 3 aromatic rings. The molecule has 1 aromatic carbocycles. The van der Waals surface area contributed by atoms with E-state index in [1.807, 2.05) is 17.7 Å². The molecule has 0 aliphatic rings. The standard InChI is InChI=1S/C18H18FN3O3/c1-13(10-22-9-8-20-12-22)21-18(23)17-7-6-16(25-17)11-24-15-4-2-14(19)3-5-15/h2-9,12-13H,10-11H2,1H3,(H,21,23)/t13-/m1/s1. The number of hydrogen-bond donors (Lipinski definition) is 1. The normalized spacial score (nSPS) is 11.9. The quantitative estimate of drug-likeness (QED) is 0.716. The Hall–Kier alpha value is -3.09. The van der Waals surface area contributed by atoms with E-state index >= 15 is 0 Å². The summed E-state index contributed by atoms with van der Waals surface area (Å²) < 4.78 is 25.7. The molecule has 6 nitrogen and oxygen atoms in total. The van der Waals surface area contributed by atoms with Crippen molar-refractivity contribution in [1.29, 1.82) is 0 Å². The van der Waals surface area contributed by atoms with Gasteiger partial charge in [0.1, 0.15) is 23.9 Å². The van der Waals surface area contributed by atoms with Crippen LogP contribution in [0.1, 0.15) is 23.2 Å². The Bertz CT molecular complexity index is 812. The SMILES string of the molecule is C[C@H](Cn1ccnc1)NC(=O)c1ccc(COc2ccc(F)cc2)o1. The van der Waals surface area contributed by atoms with Gasteiger partial charge in [0.15, 0.2) is 5.76 Å². The minimum Gasteiger partial charge on any atom is -0.486 e. The number of benzene rings is 1. The molecule has 1 atom stereocenters. The van der Waals surface area contributed by atoms with E-state index in [4.69, 9.17) is 9.15 Å². The number of aromatic nitrogens is 2. The molecule has 7 heteroatoms. The van der Waals surface area contributed by atoms with E-state index in [9.17, 15) is 9.18 Å². The predicted octanol–water partition coefficient (Wildman–Crippen LogP) is 3.01. The summed E-state index contributed by atoms with van der Waals surface area (Å²) in [5.74, 6) is 0.638. The van der Waals surface area contributed by atoms with E-state index in [-0.39, 0.29) is 30.1 Å². The Labute approximate surface area is 144 Å². The third-order valence-corrected chi connectivity index (χ3v) is 3.50. The highest BCUT2D eigenvalue weighted by Crippen LogP contribution is 2.15. The lowest BCUT2D eigenvalue weighted by Crippen LogP contribution is -2.35. The molecular weight excluding hydrogens is 325 g/mol. The molecule has 0 aliphatic heterocycles. The summed E-state index contributed by atoms with van der Waals surface area (Å²) in [4.78, 5) is 16.2. The van der Waals surface area contributed by atoms with E-state index in [1.165, 1.54) is 24.3 Å². The maximum atomic E-state index is 12.8. The fraction of sp³-hybridized carbons (Fsp3) is 0.222. The van der Waals surface area contributed by atoms with E-state index in [2.05, 4.69) is 10.3 Å². The number of nitrogens with zero attached hydrogens (tertiary/aromatic N) is 2. The van der Waals surface area contributed by atoms with Crippen LogP contribution in [0.2, 0.25) is 0 Å². The molecule has 0 bridgehead atoms. The van der Waals surface area contributed by atoms with Gasteiger partial charge in [-0.25, -0.2) is 9.37 Å². The zero-order valence-corrected chi connectivity index (χ0v) is 13.7. The van der Waals surface area contributed by atoms with Gasteiger partial charge in [0.2, 0.25) is 0 Å². The van der Waals surface area contributed by atoms with E-state index in [1.54, 1.807) is 24.7 Å². The second-order valence-corrected chi connectivity index (χ2v) is 5.64. The van der Waals surface area contributed by atoms with Crippen LogP contribution >= 0.6 is 0 Å². The highest BCUT2D eigenvalue weighted by Gasteiger charge is 2.14. The number of furan rings is 1. The Morgan fingerprint density at radius 2 is 2.12 bits per heavy atom. The van der Waals surface area contributed by atoms with Crippen molar-refractivity contribution < 1.29 is 18.3 Å². The highest BCUT2D eigenvalue weighted by atomic mass is 19.1. The smallest absolute Gasteiger partial charge is 0.287 e. The van der Waals surface area contributed by atoms with Gasteiger partial charge in [0, 0.05) is 25.0 Å². The number of rotatable bonds is 7. The van der Waals surface area contributed by atoms with Crippen LogP contribution in [-0.4, -0.2) is 21.5 Å². The third kappa shape index (κ3) is 4.69. The maximum absolute atomic E-state index is 12.8. The Morgan fingerprint density at radius 1 is 1.32 bits per heavy atom. The zero-order chi connectivity index (χ0) is 17.6. The topological polar surface area (TPSA) is 69.3 Å². The van der Waals surface area contributed by atoms with E-state index in [0.717, 1.165) is 0 Å². The van der Waals surface area contributed by atoms with Crippen molar-refractivity contribution in [2.75, 3.05) is 0 Å². The first-order valence-corrected chi connectivity index (χ1v) is 7.84. The number of nitrogens with one attached hydrogen (secondary N) is 1. The highest BCUT2D eigenvalue weighted by molar-refractivity contribution is 5.91. The molecule has 0 aliphatic carbocycles. The van der Waals surface area contributed by atoms with Crippen molar-refractivity contribution in [3.63, 3.8) is 0 Å². The lowest BCUT2D eigenvalue weighted by Gasteiger charge is -2.13. The van der Waals surface area contributed by atoms with Crippen molar-refractivity contribution in [2.24, 2.45) is 0 Å². The van der Waals surface area contributed by atoms with Crippen LogP contribution in [0.4, 0.5) is 4.39 Å². The number of carbonyl (C=O) groups excluding carboxylic acids is 1. The second kappa shape index (κ2) is 7.65. The maximum Gasteiger partial charge on any atom is 0.287 e. The van der Waals surface area contributed by atoms with Crippen LogP contribution in [0.15, 0.2) is 59.5 Å². The Balaban J connectivity index is 1.51. The van der Waals surface area contributed by atoms with E-state index < -0.39 is 0 Å². The summed E-state index contributed by atoms with van der Waals surface area (Å²) in [7, 11) is 0. The molecule has 0 unspecified atom stereocenters. The molecule has 2 aromatic heterocycles. The summed E-state index contributed by atoms with van der Waals surface area (Å²) in [5.41, 5.74) is 0. The number of amides is 1. The first kappa shape index (κ1) is 16.8. The van der Waals surface area contributed by atoms with Gasteiger partial charge in [0.05, 0.1) is 6.33 Å². The summed E-state index contributed by atoms with van der Waals surface area (Å²) in [6.45, 7) is 2.68. The first-order valence-electron chi connectivity index (χ1n) is 7.84. The Kier molecular flexibility index (Phi) is 5.13. The van der Waals surface area contributed by atoms with Gasteiger partial charge < -0.3 is 19.0 Å². The second-order valence-electron chi connectivity index (χ2n) is 5.64. The fourth-order valence-corrected chi connectivity index (χ4v) is 2.31. The van der Waals surface area contributed by atoms with Crippen molar-refractivity contribution in [3.05, 3.63) is 72.5 Å². The van der Waals surface area contributed by atoms with Crippen LogP contribution in [-0.2, 0) is 13.2 Å². The van der Waals surface area contributed by atoms with Crippen molar-refractivity contribution >= 4 is 5.91 Å². The van der Waals surface area contributed by atoms with Crippen molar-refractivity contribution in [3.8, 4) is 5.75 Å². The van der Waals surface area contributed by atoms with Crippen LogP contribution in [0.5, 0.6) is 5.75 Å². The third-order valence-electron chi connectivity index (χ3n) is 3.50. The lowest BCUT2D eigenvalue weighted by atomic mass is 10.3. The Morgan fingerprint density at radius 3 is 2.84 bits per heavy atom. The minimum atomic E-state index is -0.325. The monoisotopic (exact) mass is 343 g/mol. The van der Waals surface area contributed by atoms with E-state index in [0.29, 0.717) is 18.1 Å². The van der Waals surface area contributed by atoms with Crippen molar-refractivity contribution in [2.45, 2.75) is 26.1 Å². The van der Waals surface area contributed by atoms with Gasteiger partial charge >= 0.3 is 0 Å². The fourth-order valence-electron chi connectivity index (χ4n) is 2.31. The number of hydrogen-bond acceptors (Lipinski definition) is 4. The zero-order valence-electron chi connectivity index (χ0n) is 13.7. The first-order chi connectivity index (χ1) is 12.1. The van der Waals surface area contributed by atoms with Crippen LogP contribution in [0.3, 0.4) is 0 Å². The largest absolute Gasteiger partial charge is 0.486 e. The van der Waals surface area contributed by atoms with Crippen molar-refractivity contribution in [1.82, 2.24) is 14.9 Å².